The molecule has 0 unspecified atom stereocenters. The number of aliphatic hydroxyl groups excluding tert-OH is 4. The van der Waals surface area contributed by atoms with Crippen LogP contribution < -0.4 is 9.83 Å². The highest BCUT2D eigenvalue weighted by atomic mass is 31.2. The first-order valence-corrected chi connectivity index (χ1v) is 11.8. The molecule has 0 aliphatic rings. The van der Waals surface area contributed by atoms with Crippen molar-refractivity contribution >= 4 is 32.9 Å². The Kier molecular flexibility index (Phi) is 8.32. The Bertz CT molecular complexity index is 1040. The normalized spacial score (nSPS) is 12.5. The zero-order chi connectivity index (χ0) is 23.4. The minimum Gasteiger partial charge on any atom is -0.403 e. The summed E-state index contributed by atoms with van der Waals surface area (Å²) in [6.07, 6.45) is 2.62. The summed E-state index contributed by atoms with van der Waals surface area (Å²) in [7, 11) is -10.3. The van der Waals surface area contributed by atoms with Crippen molar-refractivity contribution in [1.29, 1.82) is 0 Å². The molecule has 0 saturated heterocycles. The van der Waals surface area contributed by atoms with E-state index in [1.54, 1.807) is 0 Å². The SMILES string of the molecule is O=P(O)(O)Oc1c(CO)ccc(/C=C\c2cc(CO)c(CO)c(CO)c2)c1P(=O)(O)O. The van der Waals surface area contributed by atoms with Gasteiger partial charge in [0.1, 0.15) is 5.30 Å². The lowest BCUT2D eigenvalue weighted by atomic mass is 9.98. The van der Waals surface area contributed by atoms with E-state index in [0.717, 1.165) is 0 Å². The smallest absolute Gasteiger partial charge is 0.403 e. The highest BCUT2D eigenvalue weighted by molar-refractivity contribution is 7.60. The van der Waals surface area contributed by atoms with Gasteiger partial charge >= 0.3 is 15.4 Å². The minimum atomic E-state index is -5.21. The summed E-state index contributed by atoms with van der Waals surface area (Å²) in [6.45, 7) is -2.06. The van der Waals surface area contributed by atoms with Crippen LogP contribution in [-0.2, 0) is 35.6 Å². The molecule has 0 aliphatic heterocycles. The van der Waals surface area contributed by atoms with Crippen LogP contribution in [0.2, 0.25) is 0 Å². The summed E-state index contributed by atoms with van der Waals surface area (Å²) in [6, 6.07) is 5.41. The molecule has 2 aromatic rings. The van der Waals surface area contributed by atoms with Crippen LogP contribution in [0.4, 0.5) is 0 Å². The quantitative estimate of drug-likeness (QED) is 0.180. The summed E-state index contributed by atoms with van der Waals surface area (Å²) in [5, 5.41) is 37.0. The average Bonchev–Trinajstić information content (AvgIpc) is 2.69. The molecule has 2 rings (SSSR count). The van der Waals surface area contributed by atoms with Gasteiger partial charge in [-0.3, -0.25) is 14.4 Å². The third-order valence-corrected chi connectivity index (χ3v) is 5.79. The molecule has 13 heteroatoms. The standard InChI is InChI=1S/C18H22O11P2/c19-7-13-4-3-12(18(30(23,24)25)17(13)29-31(26,27)28)2-1-11-5-14(8-20)16(10-22)15(6-11)9-21/h1-6,19-22H,7-10H2,(H2,23,24,25)(H2,26,27,28)/b2-1-. The van der Waals surface area contributed by atoms with Crippen LogP contribution in [0.5, 0.6) is 5.75 Å². The molecular weight excluding hydrogens is 454 g/mol. The second kappa shape index (κ2) is 10.2. The number of hydrogen-bond acceptors (Lipinski definition) is 7. The third-order valence-electron chi connectivity index (χ3n) is 4.33. The second-order valence-electron chi connectivity index (χ2n) is 6.40. The summed E-state index contributed by atoms with van der Waals surface area (Å²) >= 11 is 0. The molecule has 31 heavy (non-hydrogen) atoms. The number of phosphoric ester groups is 1. The summed E-state index contributed by atoms with van der Waals surface area (Å²) in [5.41, 5.74) is 1.05. The predicted octanol–water partition coefficient (Wildman–Crippen LogP) is 0.101. The highest BCUT2D eigenvalue weighted by Gasteiger charge is 2.31. The van der Waals surface area contributed by atoms with Crippen molar-refractivity contribution in [1.82, 2.24) is 0 Å². The maximum Gasteiger partial charge on any atom is 0.524 e. The fourth-order valence-electron chi connectivity index (χ4n) is 3.00. The van der Waals surface area contributed by atoms with E-state index in [4.69, 9.17) is 9.79 Å². The van der Waals surface area contributed by atoms with E-state index in [2.05, 4.69) is 4.52 Å². The maximum atomic E-state index is 12.1. The first-order valence-electron chi connectivity index (χ1n) is 8.68. The first-order chi connectivity index (χ1) is 14.4. The van der Waals surface area contributed by atoms with Crippen molar-refractivity contribution in [2.24, 2.45) is 0 Å². The zero-order valence-corrected chi connectivity index (χ0v) is 17.8. The van der Waals surface area contributed by atoms with Gasteiger partial charge in [-0.05, 0) is 39.9 Å². The fraction of sp³-hybridized carbons (Fsp3) is 0.222. The third kappa shape index (κ3) is 6.31. The Balaban J connectivity index is 2.67. The molecule has 8 N–H and O–H groups in total. The molecule has 0 amide bonds. The first kappa shape index (κ1) is 25.4. The van der Waals surface area contributed by atoms with Crippen LogP contribution in [0, 0.1) is 0 Å². The fourth-order valence-corrected chi connectivity index (χ4v) is 4.46. The lowest BCUT2D eigenvalue weighted by molar-refractivity contribution is 0.247. The molecule has 170 valence electrons. The van der Waals surface area contributed by atoms with Gasteiger partial charge in [-0.15, -0.1) is 0 Å². The van der Waals surface area contributed by atoms with E-state index >= 15 is 0 Å². The van der Waals surface area contributed by atoms with E-state index in [-0.39, 0.29) is 11.1 Å². The van der Waals surface area contributed by atoms with E-state index in [1.165, 1.54) is 36.4 Å². The van der Waals surface area contributed by atoms with Crippen LogP contribution in [0.15, 0.2) is 24.3 Å². The largest absolute Gasteiger partial charge is 0.524 e. The summed E-state index contributed by atoms with van der Waals surface area (Å²) < 4.78 is 27.8. The van der Waals surface area contributed by atoms with Crippen LogP contribution in [-0.4, -0.2) is 40.0 Å². The molecule has 0 atom stereocenters. The number of hydrogen-bond donors (Lipinski definition) is 8. The monoisotopic (exact) mass is 476 g/mol. The summed E-state index contributed by atoms with van der Waals surface area (Å²) in [4.78, 5) is 37.8. The van der Waals surface area contributed by atoms with Crippen LogP contribution in [0.3, 0.4) is 0 Å². The molecule has 0 aromatic heterocycles. The van der Waals surface area contributed by atoms with E-state index in [0.29, 0.717) is 22.3 Å². The maximum absolute atomic E-state index is 12.1. The van der Waals surface area contributed by atoms with Gasteiger partial charge in [0.15, 0.2) is 5.75 Å². The Labute approximate surface area is 176 Å². The Morgan fingerprint density at radius 1 is 0.774 bits per heavy atom. The number of benzene rings is 2. The lowest BCUT2D eigenvalue weighted by Gasteiger charge is -2.18. The molecule has 11 nitrogen and oxygen atoms in total. The van der Waals surface area contributed by atoms with E-state index < -0.39 is 52.9 Å². The van der Waals surface area contributed by atoms with Gasteiger partial charge in [0.05, 0.1) is 26.4 Å². The van der Waals surface area contributed by atoms with Gasteiger partial charge in [0, 0.05) is 5.56 Å². The number of aliphatic hydroxyl groups is 4. The highest BCUT2D eigenvalue weighted by Crippen LogP contribution is 2.46. The molecule has 0 fully saturated rings. The van der Waals surface area contributed by atoms with Gasteiger partial charge in [0.25, 0.3) is 0 Å². The predicted molar refractivity (Wildman–Crippen MR) is 110 cm³/mol. The zero-order valence-electron chi connectivity index (χ0n) is 16.0. The van der Waals surface area contributed by atoms with Crippen molar-refractivity contribution in [3.63, 3.8) is 0 Å². The Morgan fingerprint density at radius 3 is 1.74 bits per heavy atom. The van der Waals surface area contributed by atoms with Gasteiger partial charge < -0.3 is 34.7 Å². The van der Waals surface area contributed by atoms with Crippen molar-refractivity contribution < 1.29 is 53.7 Å². The van der Waals surface area contributed by atoms with Crippen LogP contribution >= 0.6 is 15.4 Å². The molecule has 0 spiro atoms. The van der Waals surface area contributed by atoms with E-state index in [1.807, 2.05) is 0 Å². The van der Waals surface area contributed by atoms with E-state index in [9.17, 15) is 39.3 Å². The van der Waals surface area contributed by atoms with Gasteiger partial charge in [-0.2, -0.15) is 0 Å². The van der Waals surface area contributed by atoms with Gasteiger partial charge in [-0.1, -0.05) is 24.3 Å². The second-order valence-corrected chi connectivity index (χ2v) is 9.10. The number of phosphoric acid groups is 1. The lowest BCUT2D eigenvalue weighted by Crippen LogP contribution is -2.15. The van der Waals surface area contributed by atoms with Crippen LogP contribution in [0.1, 0.15) is 33.4 Å². The molecule has 2 aromatic carbocycles. The van der Waals surface area contributed by atoms with Crippen molar-refractivity contribution in [3.05, 3.63) is 57.6 Å². The molecule has 0 aliphatic carbocycles. The molecule has 0 bridgehead atoms. The topological polar surface area (TPSA) is 205 Å². The van der Waals surface area contributed by atoms with Crippen LogP contribution in [0.25, 0.3) is 12.2 Å². The molecule has 0 heterocycles. The van der Waals surface area contributed by atoms with Crippen molar-refractivity contribution in [2.75, 3.05) is 0 Å². The van der Waals surface area contributed by atoms with Gasteiger partial charge in [-0.25, -0.2) is 4.57 Å². The Hall–Kier alpha value is -1.88. The summed E-state index contributed by atoms with van der Waals surface area (Å²) in [5.74, 6) is -0.825. The molecule has 0 radical (unpaired) electrons. The minimum absolute atomic E-state index is 0.142. The van der Waals surface area contributed by atoms with Crippen molar-refractivity contribution in [3.8, 4) is 5.75 Å². The molecule has 0 saturated carbocycles. The van der Waals surface area contributed by atoms with Crippen molar-refractivity contribution in [2.45, 2.75) is 26.4 Å². The molecular formula is C18H22O11P2. The average molecular weight is 476 g/mol. The Morgan fingerprint density at radius 2 is 1.32 bits per heavy atom. The van der Waals surface area contributed by atoms with Gasteiger partial charge in [0.2, 0.25) is 0 Å². The number of rotatable bonds is 9.